The van der Waals surface area contributed by atoms with Crippen LogP contribution in [0.4, 0.5) is 10.6 Å². The first-order valence-electron chi connectivity index (χ1n) is 8.90. The normalized spacial score (nSPS) is 14.1. The minimum atomic E-state index is -0.532. The van der Waals surface area contributed by atoms with Crippen LogP contribution in [0, 0.1) is 0 Å². The van der Waals surface area contributed by atoms with E-state index in [1.165, 1.54) is 6.08 Å². The van der Waals surface area contributed by atoms with Crippen LogP contribution in [0.1, 0.15) is 37.6 Å². The molecule has 2 amide bonds. The molecule has 7 nitrogen and oxygen atoms in total. The van der Waals surface area contributed by atoms with Crippen molar-refractivity contribution in [3.63, 3.8) is 0 Å². The molecule has 7 heteroatoms. The summed E-state index contributed by atoms with van der Waals surface area (Å²) < 4.78 is 5.41. The van der Waals surface area contributed by atoms with Gasteiger partial charge in [-0.15, -0.1) is 0 Å². The highest BCUT2D eigenvalue weighted by atomic mass is 16.6. The number of fused-ring (bicyclic) bond motifs is 1. The van der Waals surface area contributed by atoms with E-state index in [1.807, 2.05) is 51.1 Å². The van der Waals surface area contributed by atoms with E-state index in [9.17, 15) is 9.59 Å². The first kappa shape index (κ1) is 18.7. The Morgan fingerprint density at radius 2 is 2.00 bits per heavy atom. The number of ether oxygens (including phenoxy) is 1. The number of amides is 2. The number of benzene rings is 1. The van der Waals surface area contributed by atoms with E-state index in [0.717, 1.165) is 16.8 Å². The third-order valence-electron chi connectivity index (χ3n) is 4.05. The van der Waals surface area contributed by atoms with Crippen molar-refractivity contribution < 1.29 is 14.3 Å². The van der Waals surface area contributed by atoms with Crippen molar-refractivity contribution in [2.24, 2.45) is 0 Å². The zero-order valence-corrected chi connectivity index (χ0v) is 15.8. The number of hydrogen-bond acceptors (Lipinski definition) is 4. The van der Waals surface area contributed by atoms with Crippen molar-refractivity contribution in [2.45, 2.75) is 39.3 Å². The maximum absolute atomic E-state index is 12.2. The molecule has 0 radical (unpaired) electrons. The summed E-state index contributed by atoms with van der Waals surface area (Å²) in [7, 11) is 0. The molecule has 1 aliphatic heterocycles. The first-order valence-corrected chi connectivity index (χ1v) is 8.90. The van der Waals surface area contributed by atoms with Gasteiger partial charge in [-0.05, 0) is 38.8 Å². The largest absolute Gasteiger partial charge is 0.444 e. The number of aromatic amines is 1. The number of anilines is 1. The molecule has 2 aromatic rings. The Morgan fingerprint density at radius 3 is 2.70 bits per heavy atom. The highest BCUT2D eigenvalue weighted by Gasteiger charge is 2.28. The van der Waals surface area contributed by atoms with Gasteiger partial charge in [0, 0.05) is 18.2 Å². The van der Waals surface area contributed by atoms with Crippen molar-refractivity contribution >= 4 is 23.9 Å². The molecule has 1 aromatic heterocycles. The number of nitrogens with one attached hydrogen (secondary N) is 2. The number of hydrogen-bond donors (Lipinski definition) is 2. The Labute approximate surface area is 158 Å². The van der Waals surface area contributed by atoms with E-state index in [-0.39, 0.29) is 12.0 Å². The maximum atomic E-state index is 12.2. The van der Waals surface area contributed by atoms with Crippen LogP contribution in [-0.4, -0.2) is 39.2 Å². The summed E-state index contributed by atoms with van der Waals surface area (Å²) in [6.45, 7) is 6.42. The Morgan fingerprint density at radius 1 is 1.26 bits per heavy atom. The zero-order valence-electron chi connectivity index (χ0n) is 15.8. The summed E-state index contributed by atoms with van der Waals surface area (Å²) in [4.78, 5) is 26.0. The van der Waals surface area contributed by atoms with Gasteiger partial charge in [-0.25, -0.2) is 4.79 Å². The maximum Gasteiger partial charge on any atom is 0.410 e. The van der Waals surface area contributed by atoms with E-state index in [2.05, 4.69) is 15.5 Å². The number of rotatable bonds is 3. The standard InChI is InChI=1S/C20H24N4O3/c1-20(2,3)27-19(26)24-12-11-15-16(13-24)22-23-18(15)21-17(25)10-9-14-7-5-4-6-8-14/h4-10H,11-13H2,1-3H3,(H2,21,22,23,25)/b10-9+. The van der Waals surface area contributed by atoms with Crippen LogP contribution in [0.25, 0.3) is 6.08 Å². The summed E-state index contributed by atoms with van der Waals surface area (Å²) in [5.74, 6) is 0.263. The van der Waals surface area contributed by atoms with Crippen LogP contribution in [0.2, 0.25) is 0 Å². The quantitative estimate of drug-likeness (QED) is 0.813. The lowest BCUT2D eigenvalue weighted by Crippen LogP contribution is -2.39. The lowest BCUT2D eigenvalue weighted by atomic mass is 10.1. The minimum Gasteiger partial charge on any atom is -0.444 e. The van der Waals surface area contributed by atoms with Crippen LogP contribution in [0.15, 0.2) is 36.4 Å². The molecule has 0 saturated heterocycles. The number of carbonyl (C=O) groups is 2. The van der Waals surface area contributed by atoms with E-state index >= 15 is 0 Å². The van der Waals surface area contributed by atoms with Crippen molar-refractivity contribution in [1.29, 1.82) is 0 Å². The predicted octanol–water partition coefficient (Wildman–Crippen LogP) is 3.35. The summed E-state index contributed by atoms with van der Waals surface area (Å²) >= 11 is 0. The minimum absolute atomic E-state index is 0.247. The molecule has 3 rings (SSSR count). The molecule has 2 N–H and O–H groups in total. The first-order chi connectivity index (χ1) is 12.8. The van der Waals surface area contributed by atoms with Crippen molar-refractivity contribution in [1.82, 2.24) is 15.1 Å². The van der Waals surface area contributed by atoms with Gasteiger partial charge in [0.05, 0.1) is 12.2 Å². The van der Waals surface area contributed by atoms with Gasteiger partial charge >= 0.3 is 6.09 Å². The molecule has 0 saturated carbocycles. The second-order valence-electron chi connectivity index (χ2n) is 7.41. The number of carbonyl (C=O) groups excluding carboxylic acids is 2. The molecule has 0 fully saturated rings. The average molecular weight is 368 g/mol. The molecule has 1 aromatic carbocycles. The monoisotopic (exact) mass is 368 g/mol. The number of H-pyrrole nitrogens is 1. The van der Waals surface area contributed by atoms with Gasteiger partial charge in [-0.2, -0.15) is 5.10 Å². The SMILES string of the molecule is CC(C)(C)OC(=O)N1CCc2c(NC(=O)/C=C/c3ccccc3)n[nH]c2C1. The topological polar surface area (TPSA) is 87.3 Å². The van der Waals surface area contributed by atoms with Crippen molar-refractivity contribution in [2.75, 3.05) is 11.9 Å². The lowest BCUT2D eigenvalue weighted by Gasteiger charge is -2.29. The molecule has 2 heterocycles. The third kappa shape index (κ3) is 4.97. The third-order valence-corrected chi connectivity index (χ3v) is 4.05. The molecule has 1 aliphatic rings. The van der Waals surface area contributed by atoms with Crippen molar-refractivity contribution in [3.8, 4) is 0 Å². The smallest absolute Gasteiger partial charge is 0.410 e. The number of aromatic nitrogens is 2. The van der Waals surface area contributed by atoms with E-state index < -0.39 is 5.60 Å². The van der Waals surface area contributed by atoms with Gasteiger partial charge in [-0.1, -0.05) is 30.3 Å². The summed E-state index contributed by atoms with van der Waals surface area (Å²) in [5.41, 5.74) is 2.16. The highest BCUT2D eigenvalue weighted by molar-refractivity contribution is 6.01. The van der Waals surface area contributed by atoms with E-state index in [0.29, 0.717) is 25.3 Å². The second-order valence-corrected chi connectivity index (χ2v) is 7.41. The average Bonchev–Trinajstić information content (AvgIpc) is 3.01. The molecule has 142 valence electrons. The summed E-state index contributed by atoms with van der Waals surface area (Å²) in [5, 5.41) is 9.91. The van der Waals surface area contributed by atoms with Crippen molar-refractivity contribution in [3.05, 3.63) is 53.2 Å². The highest BCUT2D eigenvalue weighted by Crippen LogP contribution is 2.25. The lowest BCUT2D eigenvalue weighted by molar-refractivity contribution is -0.111. The van der Waals surface area contributed by atoms with Crippen LogP contribution in [-0.2, 0) is 22.5 Å². The molecule has 27 heavy (non-hydrogen) atoms. The van der Waals surface area contributed by atoms with E-state index in [1.54, 1.807) is 11.0 Å². The molecule has 0 atom stereocenters. The number of nitrogens with zero attached hydrogens (tertiary/aromatic N) is 2. The fourth-order valence-electron chi connectivity index (χ4n) is 2.80. The fourth-order valence-corrected chi connectivity index (χ4v) is 2.80. The molecule has 0 bridgehead atoms. The van der Waals surface area contributed by atoms with Crippen LogP contribution in [0.3, 0.4) is 0 Å². The van der Waals surface area contributed by atoms with Gasteiger partial charge in [-0.3, -0.25) is 9.89 Å². The second kappa shape index (κ2) is 7.65. The van der Waals surface area contributed by atoms with Crippen LogP contribution in [0.5, 0.6) is 0 Å². The molecular weight excluding hydrogens is 344 g/mol. The molecular formula is C20H24N4O3. The van der Waals surface area contributed by atoms with E-state index in [4.69, 9.17) is 4.74 Å². The van der Waals surface area contributed by atoms with Crippen LogP contribution >= 0.6 is 0 Å². The molecule has 0 aliphatic carbocycles. The molecule has 0 spiro atoms. The van der Waals surface area contributed by atoms with Gasteiger partial charge in [0.25, 0.3) is 0 Å². The predicted molar refractivity (Wildman–Crippen MR) is 103 cm³/mol. The van der Waals surface area contributed by atoms with Gasteiger partial charge in [0.2, 0.25) is 5.91 Å². The van der Waals surface area contributed by atoms with Gasteiger partial charge in [0.1, 0.15) is 5.60 Å². The summed E-state index contributed by atoms with van der Waals surface area (Å²) in [6, 6.07) is 9.60. The summed E-state index contributed by atoms with van der Waals surface area (Å²) in [6.07, 6.45) is 3.48. The Kier molecular flexibility index (Phi) is 5.30. The Bertz CT molecular complexity index is 850. The molecule has 0 unspecified atom stereocenters. The van der Waals surface area contributed by atoms with Gasteiger partial charge in [0.15, 0.2) is 5.82 Å². The fraction of sp³-hybridized carbons (Fsp3) is 0.350. The zero-order chi connectivity index (χ0) is 19.4. The van der Waals surface area contributed by atoms with Crippen LogP contribution < -0.4 is 5.32 Å². The Hall–Kier alpha value is -3.09. The van der Waals surface area contributed by atoms with Gasteiger partial charge < -0.3 is 15.0 Å². The Balaban J connectivity index is 1.62.